The highest BCUT2D eigenvalue weighted by Crippen LogP contribution is 2.07. The number of nitrogens with zero attached hydrogens (tertiary/aromatic N) is 2. The summed E-state index contributed by atoms with van der Waals surface area (Å²) in [5.41, 5.74) is 0. The van der Waals surface area contributed by atoms with Crippen molar-refractivity contribution in [3.63, 3.8) is 0 Å². The third kappa shape index (κ3) is 3.81. The van der Waals surface area contributed by atoms with Crippen LogP contribution in [-0.4, -0.2) is 15.8 Å². The molecule has 0 aliphatic carbocycles. The molecule has 1 N–H and O–H groups in total. The molecule has 3 heteroatoms. The molecule has 3 nitrogen and oxygen atoms in total. The number of aryl methyl sites for hydroxylation is 1. The minimum absolute atomic E-state index is 0.448. The van der Waals surface area contributed by atoms with Crippen LogP contribution >= 0.6 is 0 Å². The molecule has 1 heterocycles. The highest BCUT2D eigenvalue weighted by atomic mass is 15.3. The van der Waals surface area contributed by atoms with Crippen LogP contribution in [0.25, 0.3) is 0 Å². The summed E-state index contributed by atoms with van der Waals surface area (Å²) in [5.74, 6) is 1.71. The first-order valence-electron chi connectivity index (χ1n) is 5.38. The summed E-state index contributed by atoms with van der Waals surface area (Å²) in [5, 5.41) is 7.71. The summed E-state index contributed by atoms with van der Waals surface area (Å²) in [4.78, 5) is 0. The Morgan fingerprint density at radius 1 is 1.36 bits per heavy atom. The Morgan fingerprint density at radius 3 is 2.64 bits per heavy atom. The lowest BCUT2D eigenvalue weighted by Crippen LogP contribution is -2.11. The summed E-state index contributed by atoms with van der Waals surface area (Å²) in [6.07, 6.45) is 3.22. The van der Waals surface area contributed by atoms with Crippen LogP contribution in [0, 0.1) is 5.92 Å². The van der Waals surface area contributed by atoms with Gasteiger partial charge in [-0.3, -0.25) is 4.68 Å². The molecule has 80 valence electrons. The van der Waals surface area contributed by atoms with Crippen molar-refractivity contribution in [1.29, 1.82) is 0 Å². The second kappa shape index (κ2) is 5.03. The van der Waals surface area contributed by atoms with Gasteiger partial charge >= 0.3 is 0 Å². The normalized spacial score (nSPS) is 11.3. The second-order valence-electron chi connectivity index (χ2n) is 4.45. The number of aromatic nitrogens is 2. The predicted molar refractivity (Wildman–Crippen MR) is 60.4 cm³/mol. The first-order valence-corrected chi connectivity index (χ1v) is 5.38. The van der Waals surface area contributed by atoms with Crippen molar-refractivity contribution in [2.75, 3.05) is 5.32 Å². The zero-order chi connectivity index (χ0) is 10.6. The number of rotatable bonds is 5. The van der Waals surface area contributed by atoms with E-state index in [4.69, 9.17) is 0 Å². The van der Waals surface area contributed by atoms with Crippen LogP contribution in [0.2, 0.25) is 0 Å². The number of hydrogen-bond donors (Lipinski definition) is 1. The van der Waals surface area contributed by atoms with Gasteiger partial charge in [0.05, 0.1) is 0 Å². The molecule has 14 heavy (non-hydrogen) atoms. The lowest BCUT2D eigenvalue weighted by atomic mass is 10.1. The summed E-state index contributed by atoms with van der Waals surface area (Å²) < 4.78 is 2.00. The van der Waals surface area contributed by atoms with Crippen LogP contribution in [0.15, 0.2) is 12.3 Å². The van der Waals surface area contributed by atoms with E-state index in [0.29, 0.717) is 6.04 Å². The minimum atomic E-state index is 0.448. The molecule has 1 aromatic heterocycles. The number of anilines is 1. The van der Waals surface area contributed by atoms with Gasteiger partial charge in [0.25, 0.3) is 0 Å². The van der Waals surface area contributed by atoms with Crippen LogP contribution in [0.3, 0.4) is 0 Å². The fourth-order valence-electron chi connectivity index (χ4n) is 1.25. The Bertz CT molecular complexity index is 263. The summed E-state index contributed by atoms with van der Waals surface area (Å²) in [6, 6.07) is 2.48. The third-order valence-corrected chi connectivity index (χ3v) is 2.01. The molecule has 1 aromatic rings. The predicted octanol–water partition coefficient (Wildman–Crippen LogP) is 2.75. The maximum Gasteiger partial charge on any atom is 0.148 e. The van der Waals surface area contributed by atoms with Crippen LogP contribution in [0.5, 0.6) is 0 Å². The van der Waals surface area contributed by atoms with E-state index in [0.717, 1.165) is 18.3 Å². The van der Waals surface area contributed by atoms with Gasteiger partial charge in [-0.15, -0.1) is 0 Å². The van der Waals surface area contributed by atoms with E-state index in [-0.39, 0.29) is 0 Å². The zero-order valence-electron chi connectivity index (χ0n) is 9.62. The molecule has 0 aromatic carbocycles. The minimum Gasteiger partial charge on any atom is -0.366 e. The van der Waals surface area contributed by atoms with E-state index in [1.165, 1.54) is 6.42 Å². The Labute approximate surface area is 86.5 Å². The third-order valence-electron chi connectivity index (χ3n) is 2.01. The molecule has 0 bridgehead atoms. The van der Waals surface area contributed by atoms with Gasteiger partial charge in [-0.1, -0.05) is 13.8 Å². The van der Waals surface area contributed by atoms with Gasteiger partial charge in [0.2, 0.25) is 0 Å². The fraction of sp³-hybridized carbons (Fsp3) is 0.727. The Hall–Kier alpha value is -0.990. The standard InChI is InChI=1S/C11H21N3/c1-9(2)5-7-14-8-6-11(13-14)12-10(3)4/h6,8-10H,5,7H2,1-4H3,(H,12,13). The maximum atomic E-state index is 4.43. The monoisotopic (exact) mass is 195 g/mol. The molecule has 0 amide bonds. The van der Waals surface area contributed by atoms with Gasteiger partial charge in [-0.05, 0) is 26.2 Å². The van der Waals surface area contributed by atoms with Crippen molar-refractivity contribution in [2.24, 2.45) is 5.92 Å². The summed E-state index contributed by atoms with van der Waals surface area (Å²) in [6.45, 7) is 9.71. The fourth-order valence-corrected chi connectivity index (χ4v) is 1.25. The average Bonchev–Trinajstić information content (AvgIpc) is 2.47. The van der Waals surface area contributed by atoms with Crippen LogP contribution in [0.4, 0.5) is 5.82 Å². The quantitative estimate of drug-likeness (QED) is 0.783. The Kier molecular flexibility index (Phi) is 3.98. The molecule has 0 fully saturated rings. The smallest absolute Gasteiger partial charge is 0.148 e. The molecule has 0 aliphatic heterocycles. The number of hydrogen-bond acceptors (Lipinski definition) is 2. The molecule has 0 saturated heterocycles. The topological polar surface area (TPSA) is 29.9 Å². The first-order chi connectivity index (χ1) is 6.58. The van der Waals surface area contributed by atoms with E-state index >= 15 is 0 Å². The van der Waals surface area contributed by atoms with Crippen molar-refractivity contribution < 1.29 is 0 Å². The largest absolute Gasteiger partial charge is 0.366 e. The Morgan fingerprint density at radius 2 is 2.07 bits per heavy atom. The molecule has 0 aliphatic rings. The average molecular weight is 195 g/mol. The molecule has 0 unspecified atom stereocenters. The summed E-state index contributed by atoms with van der Waals surface area (Å²) >= 11 is 0. The Balaban J connectivity index is 2.42. The SMILES string of the molecule is CC(C)CCn1ccc(NC(C)C)n1. The first kappa shape index (κ1) is 11.1. The molecule has 0 spiro atoms. The highest BCUT2D eigenvalue weighted by Gasteiger charge is 2.00. The zero-order valence-corrected chi connectivity index (χ0v) is 9.62. The van der Waals surface area contributed by atoms with E-state index in [9.17, 15) is 0 Å². The lowest BCUT2D eigenvalue weighted by molar-refractivity contribution is 0.487. The molecular weight excluding hydrogens is 174 g/mol. The van der Waals surface area contributed by atoms with Crippen molar-refractivity contribution in [2.45, 2.75) is 46.7 Å². The molecular formula is C11H21N3. The second-order valence-corrected chi connectivity index (χ2v) is 4.45. The molecule has 0 radical (unpaired) electrons. The highest BCUT2D eigenvalue weighted by molar-refractivity contribution is 5.32. The maximum absolute atomic E-state index is 4.43. The van der Waals surface area contributed by atoms with Gasteiger partial charge < -0.3 is 5.32 Å². The number of nitrogens with one attached hydrogen (secondary N) is 1. The van der Waals surface area contributed by atoms with E-state index in [1.807, 2.05) is 16.9 Å². The van der Waals surface area contributed by atoms with Gasteiger partial charge in [0.1, 0.15) is 5.82 Å². The van der Waals surface area contributed by atoms with Gasteiger partial charge in [-0.25, -0.2) is 0 Å². The lowest BCUT2D eigenvalue weighted by Gasteiger charge is -2.06. The van der Waals surface area contributed by atoms with E-state index < -0.39 is 0 Å². The van der Waals surface area contributed by atoms with E-state index in [1.54, 1.807) is 0 Å². The van der Waals surface area contributed by atoms with E-state index in [2.05, 4.69) is 38.1 Å². The van der Waals surface area contributed by atoms with Crippen LogP contribution < -0.4 is 5.32 Å². The van der Waals surface area contributed by atoms with Crippen LogP contribution in [0.1, 0.15) is 34.1 Å². The van der Waals surface area contributed by atoms with Gasteiger partial charge in [0.15, 0.2) is 0 Å². The van der Waals surface area contributed by atoms with Crippen LogP contribution in [-0.2, 0) is 6.54 Å². The molecule has 0 saturated carbocycles. The summed E-state index contributed by atoms with van der Waals surface area (Å²) in [7, 11) is 0. The van der Waals surface area contributed by atoms with Crippen molar-refractivity contribution >= 4 is 5.82 Å². The molecule has 1 rings (SSSR count). The van der Waals surface area contributed by atoms with Crippen molar-refractivity contribution in [3.05, 3.63) is 12.3 Å². The van der Waals surface area contributed by atoms with Crippen molar-refractivity contribution in [1.82, 2.24) is 9.78 Å². The molecule has 0 atom stereocenters. The van der Waals surface area contributed by atoms with Gasteiger partial charge in [-0.2, -0.15) is 5.10 Å². The van der Waals surface area contributed by atoms with Crippen molar-refractivity contribution in [3.8, 4) is 0 Å². The van der Waals surface area contributed by atoms with Gasteiger partial charge in [0, 0.05) is 24.8 Å².